The molecule has 7 heteroatoms. The van der Waals surface area contributed by atoms with Gasteiger partial charge in [-0.3, -0.25) is 4.79 Å². The lowest BCUT2D eigenvalue weighted by atomic mass is 9.98. The van der Waals surface area contributed by atoms with E-state index in [1.54, 1.807) is 0 Å². The van der Waals surface area contributed by atoms with Crippen LogP contribution in [0, 0.1) is 0 Å². The minimum absolute atomic E-state index is 0.481. The van der Waals surface area contributed by atoms with Gasteiger partial charge in [-0.1, -0.05) is 12.2 Å². The molecular formula is C6H8N2O3S2. The van der Waals surface area contributed by atoms with Gasteiger partial charge in [-0.05, 0) is 0 Å². The number of thiol groups is 1. The summed E-state index contributed by atoms with van der Waals surface area (Å²) in [6.45, 7) is 0. The average Bonchev–Trinajstić information content (AvgIpc) is 2.30. The third kappa shape index (κ3) is 1.32. The summed E-state index contributed by atoms with van der Waals surface area (Å²) < 4.78 is 0. The highest BCUT2D eigenvalue weighted by Gasteiger charge is 2.52. The van der Waals surface area contributed by atoms with Gasteiger partial charge in [0.15, 0.2) is 6.04 Å². The number of carbonyl (C=O) groups excluding carboxylic acids is 2. The number of thiocarbonyl (C=S) groups is 1. The Morgan fingerprint density at radius 3 is 2.54 bits per heavy atom. The van der Waals surface area contributed by atoms with Gasteiger partial charge in [0.2, 0.25) is 0 Å². The van der Waals surface area contributed by atoms with Crippen LogP contribution >= 0.6 is 24.8 Å². The van der Waals surface area contributed by atoms with Crippen molar-refractivity contribution in [2.45, 2.75) is 16.8 Å². The van der Waals surface area contributed by atoms with Crippen molar-refractivity contribution >= 4 is 42.1 Å². The summed E-state index contributed by atoms with van der Waals surface area (Å²) in [5.74, 6) is -1.94. The fourth-order valence-electron chi connectivity index (χ4n) is 1.15. The molecule has 0 radical (unpaired) electrons. The van der Waals surface area contributed by atoms with Gasteiger partial charge in [0.05, 0.1) is 11.2 Å². The van der Waals surface area contributed by atoms with Crippen LogP contribution in [0.3, 0.4) is 0 Å². The Kier molecular flexibility index (Phi) is 2.60. The summed E-state index contributed by atoms with van der Waals surface area (Å²) in [4.78, 5) is 21.8. The number of carboxylic acids is 1. The van der Waals surface area contributed by atoms with Gasteiger partial charge in [0, 0.05) is 5.37 Å². The lowest BCUT2D eigenvalue weighted by Gasteiger charge is -2.28. The van der Waals surface area contributed by atoms with Gasteiger partial charge in [-0.25, -0.2) is 0 Å². The van der Waals surface area contributed by atoms with Crippen molar-refractivity contribution < 1.29 is 20.4 Å². The first-order chi connectivity index (χ1) is 5.95. The van der Waals surface area contributed by atoms with Crippen molar-refractivity contribution in [3.8, 4) is 0 Å². The lowest BCUT2D eigenvalue weighted by Crippen LogP contribution is -2.69. The predicted molar refractivity (Wildman–Crippen MR) is 49.0 cm³/mol. The standard InChI is InChI=1S/C6H8N2O3S2/c7-2-3(13)6(1-12,5(10)11)8-4(2)9/h1-3,13H,7H2,(H,8,9)(H,10,11). The molecule has 13 heavy (non-hydrogen) atoms. The largest absolute Gasteiger partial charge is 0.547 e. The van der Waals surface area contributed by atoms with Crippen molar-refractivity contribution in [1.82, 2.24) is 5.32 Å². The summed E-state index contributed by atoms with van der Waals surface area (Å²) >= 11 is 8.53. The molecule has 1 fully saturated rings. The Balaban J connectivity index is 3.10. The van der Waals surface area contributed by atoms with Crippen molar-refractivity contribution in [1.29, 1.82) is 0 Å². The normalized spacial score (nSPS) is 38.5. The first kappa shape index (κ1) is 10.4. The highest BCUT2D eigenvalue weighted by atomic mass is 32.1. The number of amides is 1. The minimum atomic E-state index is -1.66. The van der Waals surface area contributed by atoms with Crippen LogP contribution in [0.2, 0.25) is 0 Å². The number of hydrogen-bond donors (Lipinski definition) is 3. The van der Waals surface area contributed by atoms with E-state index < -0.39 is 28.7 Å². The van der Waals surface area contributed by atoms with E-state index >= 15 is 0 Å². The number of carboxylic acid groups (broad SMARTS) is 1. The Morgan fingerprint density at radius 2 is 2.38 bits per heavy atom. The molecule has 5 nitrogen and oxygen atoms in total. The maximum atomic E-state index is 11.1. The summed E-state index contributed by atoms with van der Waals surface area (Å²) in [6.07, 6.45) is 0. The molecule has 72 valence electrons. The zero-order valence-corrected chi connectivity index (χ0v) is 8.23. The highest BCUT2D eigenvalue weighted by molar-refractivity contribution is 7.82. The third-order valence-corrected chi connectivity index (χ3v) is 3.18. The summed E-state index contributed by atoms with van der Waals surface area (Å²) in [7, 11) is 0. The highest BCUT2D eigenvalue weighted by Crippen LogP contribution is 2.22. The first-order valence-corrected chi connectivity index (χ1v) is 4.45. The Morgan fingerprint density at radius 1 is 1.85 bits per heavy atom. The molecule has 0 aromatic heterocycles. The van der Waals surface area contributed by atoms with Crippen molar-refractivity contribution in [3.63, 3.8) is 0 Å². The summed E-state index contributed by atoms with van der Waals surface area (Å²) in [5, 5.41) is 13.1. The van der Waals surface area contributed by atoms with Gasteiger partial charge in [0.1, 0.15) is 5.54 Å². The number of hydrogen-bond acceptors (Lipinski definition) is 5. The molecule has 3 unspecified atom stereocenters. The van der Waals surface area contributed by atoms with Crippen LogP contribution in [0.25, 0.3) is 0 Å². The molecule has 0 spiro atoms. The molecule has 4 N–H and O–H groups in total. The third-order valence-electron chi connectivity index (χ3n) is 2.04. The molecule has 1 amide bonds. The van der Waals surface area contributed by atoms with Crippen LogP contribution in [-0.4, -0.2) is 34.1 Å². The Hall–Kier alpha value is -0.660. The number of nitrogens with one attached hydrogen (secondary N) is 1. The molecule has 0 aromatic rings. The molecule has 0 bridgehead atoms. The summed E-state index contributed by atoms with van der Waals surface area (Å²) in [6, 6.07) is -0.736. The Labute approximate surface area is 85.1 Å². The SMILES string of the molecule is [NH3+]C1C(=O)NC(C=S)(C(=O)[O-])C1S. The zero-order valence-electron chi connectivity index (χ0n) is 6.52. The summed E-state index contributed by atoms with van der Waals surface area (Å²) in [5.41, 5.74) is 1.81. The van der Waals surface area contributed by atoms with E-state index in [-0.39, 0.29) is 0 Å². The average molecular weight is 220 g/mol. The molecule has 1 saturated heterocycles. The van der Waals surface area contributed by atoms with Crippen molar-refractivity contribution in [2.75, 3.05) is 0 Å². The molecule has 0 aromatic carbocycles. The Bertz CT molecular complexity index is 283. The van der Waals surface area contributed by atoms with Crippen LogP contribution < -0.4 is 16.2 Å². The number of carbonyl (C=O) groups is 2. The molecule has 0 aliphatic carbocycles. The van der Waals surface area contributed by atoms with E-state index in [4.69, 9.17) is 0 Å². The van der Waals surface area contributed by atoms with Gasteiger partial charge >= 0.3 is 0 Å². The quantitative estimate of drug-likeness (QED) is 0.332. The maximum Gasteiger partial charge on any atom is 0.280 e. The van der Waals surface area contributed by atoms with Gasteiger partial charge in [-0.15, -0.1) is 0 Å². The fourth-order valence-corrected chi connectivity index (χ4v) is 1.93. The molecule has 1 heterocycles. The van der Waals surface area contributed by atoms with Crippen molar-refractivity contribution in [2.24, 2.45) is 0 Å². The van der Waals surface area contributed by atoms with Gasteiger partial charge in [-0.2, -0.15) is 12.6 Å². The fraction of sp³-hybridized carbons (Fsp3) is 0.500. The van der Waals surface area contributed by atoms with Gasteiger partial charge in [0.25, 0.3) is 5.91 Å². The molecule has 1 aliphatic heterocycles. The smallest absolute Gasteiger partial charge is 0.280 e. The molecule has 3 atom stereocenters. The second-order valence-corrected chi connectivity index (χ2v) is 3.61. The van der Waals surface area contributed by atoms with Crippen LogP contribution in [0.1, 0.15) is 0 Å². The van der Waals surface area contributed by atoms with E-state index in [2.05, 4.69) is 35.9 Å². The lowest BCUT2D eigenvalue weighted by molar-refractivity contribution is -0.400. The van der Waals surface area contributed by atoms with E-state index in [0.717, 1.165) is 5.37 Å². The van der Waals surface area contributed by atoms with Crippen LogP contribution in [0.5, 0.6) is 0 Å². The molecular weight excluding hydrogens is 212 g/mol. The second-order valence-electron chi connectivity index (χ2n) is 2.81. The van der Waals surface area contributed by atoms with E-state index in [9.17, 15) is 14.7 Å². The topological polar surface area (TPSA) is 96.9 Å². The number of rotatable bonds is 2. The van der Waals surface area contributed by atoms with E-state index in [0.29, 0.717) is 0 Å². The first-order valence-electron chi connectivity index (χ1n) is 3.46. The monoisotopic (exact) mass is 220 g/mol. The minimum Gasteiger partial charge on any atom is -0.547 e. The molecule has 0 saturated carbocycles. The molecule has 1 rings (SSSR count). The van der Waals surface area contributed by atoms with E-state index in [1.165, 1.54) is 0 Å². The van der Waals surface area contributed by atoms with Gasteiger partial charge < -0.3 is 21.0 Å². The number of quaternary nitrogens is 1. The van der Waals surface area contributed by atoms with E-state index in [1.807, 2.05) is 0 Å². The zero-order chi connectivity index (χ0) is 10.2. The van der Waals surface area contributed by atoms with Crippen molar-refractivity contribution in [3.05, 3.63) is 0 Å². The van der Waals surface area contributed by atoms with Crippen LogP contribution in [-0.2, 0) is 9.59 Å². The second kappa shape index (κ2) is 3.24. The van der Waals surface area contributed by atoms with Crippen LogP contribution in [0.4, 0.5) is 0 Å². The predicted octanol–water partition coefficient (Wildman–Crippen LogP) is -3.49. The number of aliphatic carboxylic acids is 1. The molecule has 1 aliphatic rings. The maximum absolute atomic E-state index is 11.1. The van der Waals surface area contributed by atoms with Crippen LogP contribution in [0.15, 0.2) is 0 Å².